The summed E-state index contributed by atoms with van der Waals surface area (Å²) in [5.74, 6) is 0.915. The van der Waals surface area contributed by atoms with Crippen LogP contribution in [-0.4, -0.2) is 53.9 Å². The Labute approximate surface area is 223 Å². The molecule has 6 heteroatoms. The Balaban J connectivity index is 1.61. The second-order valence-electron chi connectivity index (χ2n) is 11.1. The molecule has 2 aliphatic rings. The fourth-order valence-electron chi connectivity index (χ4n) is 5.46. The van der Waals surface area contributed by atoms with Crippen LogP contribution in [-0.2, 0) is 9.47 Å². The topological polar surface area (TPSA) is 49.3 Å². The standard InChI is InChI=1S/C18H22NO4.3C4H9.Sn/c1-12(13-7-8-14-16(10-13)21-11-20-14)17-15(6-5-9-19-4)22-18(2,3)23-17;3*1-3-4-2;/h7-10,15,17H,1,4-6,11H2,2-3H3;3*1,3-4H2,2H3;/b19-9+;;;;/t15-,17-;;;;/m0..../s1. The minimum atomic E-state index is -2.21. The average Bonchev–Trinajstić information content (AvgIpc) is 3.46. The van der Waals surface area contributed by atoms with E-state index in [1.165, 1.54) is 51.8 Å². The molecule has 0 unspecified atom stereocenters. The van der Waals surface area contributed by atoms with Crippen molar-refractivity contribution in [1.82, 2.24) is 0 Å². The molecule has 1 fully saturated rings. The first-order chi connectivity index (χ1) is 17.3. The van der Waals surface area contributed by atoms with Gasteiger partial charge in [0.25, 0.3) is 0 Å². The van der Waals surface area contributed by atoms with Gasteiger partial charge in [-0.3, -0.25) is 0 Å². The van der Waals surface area contributed by atoms with Gasteiger partial charge in [0.15, 0.2) is 0 Å². The summed E-state index contributed by atoms with van der Waals surface area (Å²) in [6.07, 6.45) is 11.8. The van der Waals surface area contributed by atoms with E-state index in [1.807, 2.05) is 32.0 Å². The maximum atomic E-state index is 6.32. The third-order valence-corrected chi connectivity index (χ3v) is 22.1. The van der Waals surface area contributed by atoms with E-state index < -0.39 is 24.2 Å². The van der Waals surface area contributed by atoms with Crippen molar-refractivity contribution in [2.75, 3.05) is 11.4 Å². The van der Waals surface area contributed by atoms with Crippen LogP contribution in [0.3, 0.4) is 0 Å². The average molecular weight is 606 g/mol. The van der Waals surface area contributed by atoms with Crippen molar-refractivity contribution < 1.29 is 18.9 Å². The van der Waals surface area contributed by atoms with Gasteiger partial charge in [0.2, 0.25) is 6.79 Å². The summed E-state index contributed by atoms with van der Waals surface area (Å²) in [7, 11) is 0. The Hall–Kier alpha value is -1.05. The SMILES string of the molecule is C=C(c1ccc2c(c1)OCO2)[C@@H]1OC(C)(C)O[C@H]1CC/C=N/[CH2][Sn]([CH2]CCC)([CH2]CCC)[CH2]CCC. The zero-order chi connectivity index (χ0) is 26.0. The molecular formula is C30H49NO4Sn. The summed E-state index contributed by atoms with van der Waals surface area (Å²) in [5, 5.41) is 0. The van der Waals surface area contributed by atoms with E-state index in [9.17, 15) is 0 Å². The van der Waals surface area contributed by atoms with E-state index in [4.69, 9.17) is 23.9 Å². The number of hydrogen-bond donors (Lipinski definition) is 0. The first-order valence-electron chi connectivity index (χ1n) is 14.3. The van der Waals surface area contributed by atoms with E-state index in [0.29, 0.717) is 0 Å². The van der Waals surface area contributed by atoms with Crippen molar-refractivity contribution >= 4 is 30.2 Å². The zero-order valence-corrected chi connectivity index (χ0v) is 26.3. The number of ether oxygens (including phenoxy) is 4. The molecule has 0 spiro atoms. The van der Waals surface area contributed by atoms with Gasteiger partial charge in [0.05, 0.1) is 0 Å². The number of rotatable bonds is 16. The van der Waals surface area contributed by atoms with Gasteiger partial charge in [-0.25, -0.2) is 0 Å². The zero-order valence-electron chi connectivity index (χ0n) is 23.4. The predicted molar refractivity (Wildman–Crippen MR) is 153 cm³/mol. The monoisotopic (exact) mass is 607 g/mol. The molecule has 0 amide bonds. The molecule has 1 aromatic rings. The summed E-state index contributed by atoms with van der Waals surface area (Å²) in [6.45, 7) is 15.6. The predicted octanol–water partition coefficient (Wildman–Crippen LogP) is 8.19. The van der Waals surface area contributed by atoms with Crippen LogP contribution in [0.15, 0.2) is 29.8 Å². The number of hydrogen-bond acceptors (Lipinski definition) is 5. The van der Waals surface area contributed by atoms with Gasteiger partial charge in [0, 0.05) is 0 Å². The molecule has 2 heterocycles. The number of unbranched alkanes of at least 4 members (excludes halogenated alkanes) is 3. The Morgan fingerprint density at radius 1 is 1.00 bits per heavy atom. The van der Waals surface area contributed by atoms with E-state index in [0.717, 1.165) is 40.0 Å². The molecule has 36 heavy (non-hydrogen) atoms. The fourth-order valence-corrected chi connectivity index (χ4v) is 19.9. The van der Waals surface area contributed by atoms with Crippen molar-refractivity contribution in [3.63, 3.8) is 0 Å². The van der Waals surface area contributed by atoms with E-state index in [-0.39, 0.29) is 19.0 Å². The van der Waals surface area contributed by atoms with Crippen LogP contribution < -0.4 is 9.47 Å². The normalized spacial score (nSPS) is 20.9. The summed E-state index contributed by atoms with van der Waals surface area (Å²) < 4.78 is 29.3. The third kappa shape index (κ3) is 8.22. The Morgan fingerprint density at radius 3 is 2.28 bits per heavy atom. The molecule has 202 valence electrons. The summed E-state index contributed by atoms with van der Waals surface area (Å²) in [6, 6.07) is 5.96. The van der Waals surface area contributed by atoms with Gasteiger partial charge in [0.1, 0.15) is 0 Å². The molecule has 0 radical (unpaired) electrons. The summed E-state index contributed by atoms with van der Waals surface area (Å²) >= 11 is -2.21. The van der Waals surface area contributed by atoms with Crippen LogP contribution in [0.4, 0.5) is 0 Å². The molecule has 0 aliphatic carbocycles. The molecule has 0 saturated carbocycles. The van der Waals surface area contributed by atoms with Gasteiger partial charge in [-0.2, -0.15) is 0 Å². The van der Waals surface area contributed by atoms with Crippen molar-refractivity contribution in [2.45, 2.75) is 117 Å². The van der Waals surface area contributed by atoms with E-state index in [2.05, 4.69) is 33.6 Å². The molecular weight excluding hydrogens is 557 g/mol. The number of benzene rings is 1. The van der Waals surface area contributed by atoms with Crippen LogP contribution >= 0.6 is 0 Å². The molecule has 1 aromatic carbocycles. The van der Waals surface area contributed by atoms with Gasteiger partial charge in [-0.15, -0.1) is 0 Å². The van der Waals surface area contributed by atoms with Crippen LogP contribution in [0.1, 0.15) is 91.5 Å². The Morgan fingerprint density at radius 2 is 1.64 bits per heavy atom. The number of nitrogens with zero attached hydrogens (tertiary/aromatic N) is 1. The van der Waals surface area contributed by atoms with E-state index in [1.54, 1.807) is 0 Å². The molecule has 5 nitrogen and oxygen atoms in total. The van der Waals surface area contributed by atoms with Gasteiger partial charge >= 0.3 is 213 Å². The second kappa shape index (κ2) is 14.2. The first-order valence-corrected chi connectivity index (χ1v) is 22.3. The van der Waals surface area contributed by atoms with Crippen molar-refractivity contribution in [3.8, 4) is 11.5 Å². The van der Waals surface area contributed by atoms with Crippen LogP contribution in [0.5, 0.6) is 11.5 Å². The minimum absolute atomic E-state index is 0.0436. The second-order valence-corrected chi connectivity index (χ2v) is 24.8. The van der Waals surface area contributed by atoms with E-state index >= 15 is 0 Å². The van der Waals surface area contributed by atoms with Crippen LogP contribution in [0.2, 0.25) is 13.3 Å². The quantitative estimate of drug-likeness (QED) is 0.141. The Kier molecular flexibility index (Phi) is 11.6. The fraction of sp³-hybridized carbons (Fsp3) is 0.700. The molecule has 0 aromatic heterocycles. The molecule has 0 N–H and O–H groups in total. The molecule has 2 atom stereocenters. The van der Waals surface area contributed by atoms with Crippen molar-refractivity contribution in [2.24, 2.45) is 4.99 Å². The Bertz CT molecular complexity index is 847. The molecule has 0 bridgehead atoms. The van der Waals surface area contributed by atoms with Gasteiger partial charge in [-0.05, 0) is 0 Å². The number of aliphatic imine (C=N–C) groups is 1. The maximum absolute atomic E-state index is 6.32. The number of fused-ring (bicyclic) bond motifs is 1. The van der Waals surface area contributed by atoms with Gasteiger partial charge < -0.3 is 4.74 Å². The summed E-state index contributed by atoms with van der Waals surface area (Å²) in [5.41, 5.74) is 1.93. The molecule has 1 saturated heterocycles. The van der Waals surface area contributed by atoms with Crippen molar-refractivity contribution in [1.29, 1.82) is 0 Å². The summed E-state index contributed by atoms with van der Waals surface area (Å²) in [4.78, 5) is 5.09. The van der Waals surface area contributed by atoms with Crippen LogP contribution in [0.25, 0.3) is 5.57 Å². The van der Waals surface area contributed by atoms with Crippen LogP contribution in [0, 0.1) is 0 Å². The third-order valence-electron chi connectivity index (χ3n) is 7.59. The first kappa shape index (κ1) is 29.5. The van der Waals surface area contributed by atoms with Gasteiger partial charge in [-0.1, -0.05) is 0 Å². The molecule has 3 rings (SSSR count). The molecule has 2 aliphatic heterocycles. The van der Waals surface area contributed by atoms with Crippen molar-refractivity contribution in [3.05, 3.63) is 30.3 Å².